The minimum Gasteiger partial charge on any atom is -0.352 e. The molecule has 1 heterocycles. The van der Waals surface area contributed by atoms with Gasteiger partial charge in [0.05, 0.1) is 6.04 Å². The molecule has 134 valence electrons. The van der Waals surface area contributed by atoms with Gasteiger partial charge in [0.2, 0.25) is 5.91 Å². The van der Waals surface area contributed by atoms with Gasteiger partial charge < -0.3 is 10.6 Å². The summed E-state index contributed by atoms with van der Waals surface area (Å²) < 4.78 is 0. The molecule has 1 aromatic heterocycles. The molecule has 0 unspecified atom stereocenters. The molecular formula is C20H26N2O2S. The van der Waals surface area contributed by atoms with E-state index in [1.165, 1.54) is 5.56 Å². The van der Waals surface area contributed by atoms with Gasteiger partial charge in [0, 0.05) is 23.4 Å². The second kappa shape index (κ2) is 8.30. The average molecular weight is 359 g/mol. The fraction of sp³-hybridized carbons (Fsp3) is 0.400. The Bertz CT molecular complexity index is 700. The monoisotopic (exact) mass is 358 g/mol. The lowest BCUT2D eigenvalue weighted by atomic mass is 9.87. The molecule has 2 rings (SSSR count). The third kappa shape index (κ3) is 5.71. The number of nitrogens with one attached hydrogen (secondary N) is 2. The Morgan fingerprint density at radius 1 is 1.12 bits per heavy atom. The fourth-order valence-corrected chi connectivity index (χ4v) is 3.17. The van der Waals surface area contributed by atoms with Crippen LogP contribution in [-0.2, 0) is 10.2 Å². The minimum atomic E-state index is -0.153. The van der Waals surface area contributed by atoms with Crippen LogP contribution >= 0.6 is 11.3 Å². The molecule has 0 aliphatic heterocycles. The highest BCUT2D eigenvalue weighted by Gasteiger charge is 2.14. The van der Waals surface area contributed by atoms with Crippen LogP contribution in [0.5, 0.6) is 0 Å². The van der Waals surface area contributed by atoms with Gasteiger partial charge in [-0.3, -0.25) is 9.59 Å². The molecule has 2 N–H and O–H groups in total. The van der Waals surface area contributed by atoms with Crippen LogP contribution in [0.15, 0.2) is 41.8 Å². The summed E-state index contributed by atoms with van der Waals surface area (Å²) >= 11 is 1.62. The fourth-order valence-electron chi connectivity index (χ4n) is 2.44. The van der Waals surface area contributed by atoms with E-state index >= 15 is 0 Å². The Labute approximate surface area is 153 Å². The predicted molar refractivity (Wildman–Crippen MR) is 103 cm³/mol. The molecule has 5 heteroatoms. The van der Waals surface area contributed by atoms with Gasteiger partial charge in [-0.05, 0) is 41.5 Å². The van der Waals surface area contributed by atoms with Crippen molar-refractivity contribution in [3.8, 4) is 0 Å². The van der Waals surface area contributed by atoms with Crippen molar-refractivity contribution in [1.82, 2.24) is 10.6 Å². The maximum Gasteiger partial charge on any atom is 0.251 e. The number of benzene rings is 1. The summed E-state index contributed by atoms with van der Waals surface area (Å²) in [6.45, 7) is 8.69. The van der Waals surface area contributed by atoms with Crippen molar-refractivity contribution in [2.75, 3.05) is 6.54 Å². The normalized spacial score (nSPS) is 12.5. The summed E-state index contributed by atoms with van der Waals surface area (Å²) in [5, 5.41) is 7.73. The summed E-state index contributed by atoms with van der Waals surface area (Å²) in [5.74, 6) is -0.219. The third-order valence-electron chi connectivity index (χ3n) is 4.00. The van der Waals surface area contributed by atoms with Crippen LogP contribution in [0.25, 0.3) is 0 Å². The molecule has 0 fully saturated rings. The highest BCUT2D eigenvalue weighted by Crippen LogP contribution is 2.22. The molecule has 4 nitrogen and oxygen atoms in total. The largest absolute Gasteiger partial charge is 0.352 e. The Morgan fingerprint density at radius 3 is 2.36 bits per heavy atom. The zero-order chi connectivity index (χ0) is 18.4. The highest BCUT2D eigenvalue weighted by atomic mass is 32.1. The zero-order valence-electron chi connectivity index (χ0n) is 15.3. The second-order valence-corrected chi connectivity index (χ2v) is 8.12. The van der Waals surface area contributed by atoms with Gasteiger partial charge in [-0.2, -0.15) is 0 Å². The molecule has 2 amide bonds. The first-order valence-corrected chi connectivity index (χ1v) is 9.37. The van der Waals surface area contributed by atoms with E-state index in [2.05, 4.69) is 31.4 Å². The van der Waals surface area contributed by atoms with E-state index in [0.717, 1.165) is 4.88 Å². The molecule has 1 atom stereocenters. The third-order valence-corrected chi connectivity index (χ3v) is 5.05. The molecule has 2 aromatic rings. The molecular weight excluding hydrogens is 332 g/mol. The van der Waals surface area contributed by atoms with Crippen LogP contribution in [-0.4, -0.2) is 18.4 Å². The number of carbonyl (C=O) groups excluding carboxylic acids is 2. The van der Waals surface area contributed by atoms with Crippen molar-refractivity contribution in [3.63, 3.8) is 0 Å². The first-order chi connectivity index (χ1) is 11.8. The van der Waals surface area contributed by atoms with Crippen molar-refractivity contribution in [2.24, 2.45) is 0 Å². The number of rotatable bonds is 6. The van der Waals surface area contributed by atoms with E-state index in [-0.39, 0.29) is 29.7 Å². The van der Waals surface area contributed by atoms with Crippen LogP contribution in [0, 0.1) is 0 Å². The quantitative estimate of drug-likeness (QED) is 0.819. The molecule has 0 radical (unpaired) electrons. The lowest BCUT2D eigenvalue weighted by Gasteiger charge is -2.19. The molecule has 0 spiro atoms. The van der Waals surface area contributed by atoms with Gasteiger partial charge in [-0.25, -0.2) is 0 Å². The maximum absolute atomic E-state index is 12.2. The summed E-state index contributed by atoms with van der Waals surface area (Å²) in [5.41, 5.74) is 1.86. The van der Waals surface area contributed by atoms with E-state index in [0.29, 0.717) is 12.1 Å². The van der Waals surface area contributed by atoms with Crippen molar-refractivity contribution in [2.45, 2.75) is 45.6 Å². The second-order valence-electron chi connectivity index (χ2n) is 7.14. The summed E-state index contributed by atoms with van der Waals surface area (Å²) in [7, 11) is 0. The number of carbonyl (C=O) groups is 2. The first kappa shape index (κ1) is 19.2. The zero-order valence-corrected chi connectivity index (χ0v) is 16.1. The topological polar surface area (TPSA) is 58.2 Å². The average Bonchev–Trinajstić information content (AvgIpc) is 3.08. The summed E-state index contributed by atoms with van der Waals surface area (Å²) in [6.07, 6.45) is 0.265. The van der Waals surface area contributed by atoms with Gasteiger partial charge in [0.15, 0.2) is 0 Å². The van der Waals surface area contributed by atoms with Crippen molar-refractivity contribution < 1.29 is 9.59 Å². The van der Waals surface area contributed by atoms with Gasteiger partial charge in [0.25, 0.3) is 5.91 Å². The smallest absolute Gasteiger partial charge is 0.251 e. The SMILES string of the molecule is C[C@H](NC(=O)CCNC(=O)c1ccc(C(C)(C)C)cc1)c1cccs1. The Morgan fingerprint density at radius 2 is 1.80 bits per heavy atom. The van der Waals surface area contributed by atoms with Crippen LogP contribution in [0.4, 0.5) is 0 Å². The highest BCUT2D eigenvalue weighted by molar-refractivity contribution is 7.10. The number of hydrogen-bond acceptors (Lipinski definition) is 3. The lowest BCUT2D eigenvalue weighted by molar-refractivity contribution is -0.121. The Hall–Kier alpha value is -2.14. The van der Waals surface area contributed by atoms with Crippen molar-refractivity contribution in [3.05, 3.63) is 57.8 Å². The molecule has 1 aromatic carbocycles. The first-order valence-electron chi connectivity index (χ1n) is 8.49. The standard InChI is InChI=1S/C20H26N2O2S/c1-14(17-6-5-13-25-17)22-18(23)11-12-21-19(24)15-7-9-16(10-8-15)20(2,3)4/h5-10,13-14H,11-12H2,1-4H3,(H,21,24)(H,22,23)/t14-/m0/s1. The Balaban J connectivity index is 1.77. The molecule has 0 bridgehead atoms. The van der Waals surface area contributed by atoms with Gasteiger partial charge in [-0.15, -0.1) is 11.3 Å². The number of thiophene rings is 1. The predicted octanol–water partition coefficient (Wildman–Crippen LogP) is 4.04. The number of amides is 2. The van der Waals surface area contributed by atoms with E-state index < -0.39 is 0 Å². The molecule has 0 saturated heterocycles. The van der Waals surface area contributed by atoms with E-state index in [1.54, 1.807) is 11.3 Å². The molecule has 0 aliphatic rings. The van der Waals surface area contributed by atoms with Crippen molar-refractivity contribution in [1.29, 1.82) is 0 Å². The summed E-state index contributed by atoms with van der Waals surface area (Å²) in [4.78, 5) is 25.2. The van der Waals surface area contributed by atoms with E-state index in [1.807, 2.05) is 48.7 Å². The van der Waals surface area contributed by atoms with Gasteiger partial charge >= 0.3 is 0 Å². The Kier molecular flexibility index (Phi) is 6.37. The van der Waals surface area contributed by atoms with Crippen LogP contribution in [0.2, 0.25) is 0 Å². The summed E-state index contributed by atoms with van der Waals surface area (Å²) in [6, 6.07) is 11.6. The van der Waals surface area contributed by atoms with Gasteiger partial charge in [-0.1, -0.05) is 39.0 Å². The minimum absolute atomic E-state index is 0.00635. The lowest BCUT2D eigenvalue weighted by Crippen LogP contribution is -2.31. The maximum atomic E-state index is 12.2. The molecule has 25 heavy (non-hydrogen) atoms. The molecule has 0 aliphatic carbocycles. The van der Waals surface area contributed by atoms with Crippen LogP contribution in [0.3, 0.4) is 0 Å². The van der Waals surface area contributed by atoms with Crippen LogP contribution < -0.4 is 10.6 Å². The molecule has 0 saturated carbocycles. The van der Waals surface area contributed by atoms with Crippen molar-refractivity contribution >= 4 is 23.2 Å². The number of hydrogen-bond donors (Lipinski definition) is 2. The van der Waals surface area contributed by atoms with Gasteiger partial charge in [0.1, 0.15) is 0 Å². The van der Waals surface area contributed by atoms with Crippen LogP contribution in [0.1, 0.15) is 61.0 Å². The van der Waals surface area contributed by atoms with E-state index in [4.69, 9.17) is 0 Å². The van der Waals surface area contributed by atoms with E-state index in [9.17, 15) is 9.59 Å².